The average Bonchev–Trinajstić information content (AvgIpc) is 3.04. The van der Waals surface area contributed by atoms with Crippen molar-refractivity contribution in [3.63, 3.8) is 0 Å². The maximum absolute atomic E-state index is 12.4. The Morgan fingerprint density at radius 2 is 2.00 bits per heavy atom. The number of amides is 2. The monoisotopic (exact) mass is 492 g/mol. The van der Waals surface area contributed by atoms with E-state index in [4.69, 9.17) is 17.0 Å². The number of aromatic nitrogens is 1. The molecule has 3 N–H and O–H groups in total. The number of carbonyl (C=O) groups is 2. The van der Waals surface area contributed by atoms with E-state index in [1.165, 1.54) is 18.3 Å². The van der Waals surface area contributed by atoms with E-state index >= 15 is 0 Å². The standard InChI is InChI=1S/C19H17BrN4O3S2/c1-3-27-15-7-4-11(8-13(15)20)17(26)23-18(28)24-19-22-14-6-5-12(21-10(2)25)9-16(14)29-19/h4-9H,3H2,1-2H3,(H,21,25)(H2,22,23,24,26,28). The van der Waals surface area contributed by atoms with E-state index < -0.39 is 0 Å². The van der Waals surface area contributed by atoms with E-state index in [1.54, 1.807) is 30.3 Å². The van der Waals surface area contributed by atoms with Gasteiger partial charge in [0, 0.05) is 18.2 Å². The van der Waals surface area contributed by atoms with E-state index in [-0.39, 0.29) is 16.9 Å². The van der Waals surface area contributed by atoms with Crippen LogP contribution in [0.4, 0.5) is 10.8 Å². The predicted molar refractivity (Wildman–Crippen MR) is 123 cm³/mol. The molecule has 0 aliphatic heterocycles. The summed E-state index contributed by atoms with van der Waals surface area (Å²) in [6.45, 7) is 3.88. The zero-order valence-corrected chi connectivity index (χ0v) is 18.8. The number of nitrogens with one attached hydrogen (secondary N) is 3. The number of nitrogens with zero attached hydrogens (tertiary/aromatic N) is 1. The summed E-state index contributed by atoms with van der Waals surface area (Å²) in [5, 5.41) is 8.97. The summed E-state index contributed by atoms with van der Waals surface area (Å²) in [7, 11) is 0. The van der Waals surface area contributed by atoms with Gasteiger partial charge in [0.1, 0.15) is 5.75 Å². The topological polar surface area (TPSA) is 92.3 Å². The van der Waals surface area contributed by atoms with Crippen molar-refractivity contribution in [1.29, 1.82) is 0 Å². The normalized spacial score (nSPS) is 10.4. The van der Waals surface area contributed by atoms with Crippen molar-refractivity contribution in [1.82, 2.24) is 10.3 Å². The van der Waals surface area contributed by atoms with Crippen molar-refractivity contribution >= 4 is 77.4 Å². The fourth-order valence-corrected chi connectivity index (χ4v) is 4.13. The van der Waals surface area contributed by atoms with E-state index in [9.17, 15) is 9.59 Å². The number of rotatable bonds is 5. The molecular formula is C19H17BrN4O3S2. The molecule has 3 rings (SSSR count). The summed E-state index contributed by atoms with van der Waals surface area (Å²) in [5.74, 6) is 0.176. The highest BCUT2D eigenvalue weighted by Crippen LogP contribution is 2.29. The average molecular weight is 493 g/mol. The van der Waals surface area contributed by atoms with Gasteiger partial charge in [-0.25, -0.2) is 4.98 Å². The number of halogens is 1. The number of thiocarbonyl (C=S) groups is 1. The van der Waals surface area contributed by atoms with Crippen molar-refractivity contribution in [2.45, 2.75) is 13.8 Å². The van der Waals surface area contributed by atoms with Crippen LogP contribution in [0.5, 0.6) is 5.75 Å². The molecule has 0 aliphatic carbocycles. The molecule has 0 fully saturated rings. The Kier molecular flexibility index (Phi) is 6.78. The molecule has 0 saturated carbocycles. The van der Waals surface area contributed by atoms with Crippen LogP contribution in [0.15, 0.2) is 40.9 Å². The van der Waals surface area contributed by atoms with Crippen LogP contribution in [0, 0.1) is 0 Å². The zero-order chi connectivity index (χ0) is 21.0. The minimum absolute atomic E-state index is 0.140. The lowest BCUT2D eigenvalue weighted by Crippen LogP contribution is -2.34. The fourth-order valence-electron chi connectivity index (χ4n) is 2.48. The zero-order valence-electron chi connectivity index (χ0n) is 15.5. The number of thiazole rings is 1. The highest BCUT2D eigenvalue weighted by atomic mass is 79.9. The molecular weight excluding hydrogens is 476 g/mol. The SMILES string of the molecule is CCOc1ccc(C(=O)NC(=S)Nc2nc3ccc(NC(C)=O)cc3s2)cc1Br. The molecule has 3 aromatic rings. The number of hydrogen-bond acceptors (Lipinski definition) is 6. The molecule has 0 unspecified atom stereocenters. The minimum atomic E-state index is -0.347. The van der Waals surface area contributed by atoms with Gasteiger partial charge in [-0.2, -0.15) is 0 Å². The number of carbonyl (C=O) groups excluding carboxylic acids is 2. The molecule has 0 aliphatic rings. The summed E-state index contributed by atoms with van der Waals surface area (Å²) in [5.41, 5.74) is 1.89. The molecule has 10 heteroatoms. The second-order valence-corrected chi connectivity index (χ2v) is 8.16. The quantitative estimate of drug-likeness (QED) is 0.452. The van der Waals surface area contributed by atoms with E-state index in [1.807, 2.05) is 13.0 Å². The van der Waals surface area contributed by atoms with Crippen molar-refractivity contribution in [2.75, 3.05) is 17.2 Å². The highest BCUT2D eigenvalue weighted by molar-refractivity contribution is 9.10. The van der Waals surface area contributed by atoms with Crippen molar-refractivity contribution in [2.24, 2.45) is 0 Å². The Hall–Kier alpha value is -2.56. The lowest BCUT2D eigenvalue weighted by molar-refractivity contribution is -0.114. The van der Waals surface area contributed by atoms with Crippen LogP contribution in [0.3, 0.4) is 0 Å². The Morgan fingerprint density at radius 1 is 1.21 bits per heavy atom. The Morgan fingerprint density at radius 3 is 2.69 bits per heavy atom. The lowest BCUT2D eigenvalue weighted by atomic mass is 10.2. The van der Waals surface area contributed by atoms with Crippen molar-refractivity contribution < 1.29 is 14.3 Å². The van der Waals surface area contributed by atoms with Gasteiger partial charge < -0.3 is 15.4 Å². The van der Waals surface area contributed by atoms with Gasteiger partial charge in [0.25, 0.3) is 5.91 Å². The largest absolute Gasteiger partial charge is 0.493 e. The molecule has 150 valence electrons. The number of ether oxygens (including phenoxy) is 1. The molecule has 1 aromatic heterocycles. The van der Waals surface area contributed by atoms with Gasteiger partial charge in [-0.05, 0) is 71.5 Å². The first-order chi connectivity index (χ1) is 13.9. The summed E-state index contributed by atoms with van der Waals surface area (Å²) >= 11 is 9.98. The second-order valence-electron chi connectivity index (χ2n) is 5.87. The maximum atomic E-state index is 12.4. The molecule has 7 nitrogen and oxygen atoms in total. The van der Waals surface area contributed by atoms with Crippen LogP contribution in [0.1, 0.15) is 24.2 Å². The fraction of sp³-hybridized carbons (Fsp3) is 0.158. The Labute approximate surface area is 185 Å². The van der Waals surface area contributed by atoms with E-state index in [2.05, 4.69) is 36.9 Å². The van der Waals surface area contributed by atoms with Gasteiger partial charge >= 0.3 is 0 Å². The molecule has 0 atom stereocenters. The third-order valence-corrected chi connectivity index (χ3v) is 5.41. The Balaban J connectivity index is 1.66. The minimum Gasteiger partial charge on any atom is -0.493 e. The lowest BCUT2D eigenvalue weighted by Gasteiger charge is -2.09. The summed E-state index contributed by atoms with van der Waals surface area (Å²) in [6, 6.07) is 10.5. The summed E-state index contributed by atoms with van der Waals surface area (Å²) in [4.78, 5) is 28.0. The number of hydrogen-bond donors (Lipinski definition) is 3. The van der Waals surface area contributed by atoms with Crippen LogP contribution >= 0.6 is 39.5 Å². The molecule has 0 saturated heterocycles. The molecule has 0 radical (unpaired) electrons. The highest BCUT2D eigenvalue weighted by Gasteiger charge is 2.12. The molecule has 0 bridgehead atoms. The molecule has 0 spiro atoms. The van der Waals surface area contributed by atoms with E-state index in [0.29, 0.717) is 33.2 Å². The number of benzene rings is 2. The van der Waals surface area contributed by atoms with Crippen LogP contribution in [0.25, 0.3) is 10.2 Å². The number of anilines is 2. The first-order valence-electron chi connectivity index (χ1n) is 8.58. The van der Waals surface area contributed by atoms with Crippen molar-refractivity contribution in [3.05, 3.63) is 46.4 Å². The van der Waals surface area contributed by atoms with Gasteiger partial charge in [0.2, 0.25) is 5.91 Å². The Bertz CT molecular complexity index is 1100. The molecule has 2 aromatic carbocycles. The van der Waals surface area contributed by atoms with Crippen LogP contribution in [-0.2, 0) is 4.79 Å². The smallest absolute Gasteiger partial charge is 0.257 e. The first-order valence-corrected chi connectivity index (χ1v) is 10.6. The third kappa shape index (κ3) is 5.49. The maximum Gasteiger partial charge on any atom is 0.257 e. The third-order valence-electron chi connectivity index (χ3n) is 3.65. The molecule has 1 heterocycles. The second kappa shape index (κ2) is 9.29. The van der Waals surface area contributed by atoms with Gasteiger partial charge in [0.05, 0.1) is 21.3 Å². The summed E-state index contributed by atoms with van der Waals surface area (Å²) < 4.78 is 7.01. The van der Waals surface area contributed by atoms with Crippen LogP contribution in [0.2, 0.25) is 0 Å². The van der Waals surface area contributed by atoms with Gasteiger partial charge in [-0.1, -0.05) is 11.3 Å². The predicted octanol–water partition coefficient (Wildman–Crippen LogP) is 4.54. The van der Waals surface area contributed by atoms with E-state index in [0.717, 1.165) is 10.2 Å². The van der Waals surface area contributed by atoms with Crippen LogP contribution in [-0.4, -0.2) is 28.5 Å². The first kappa shape index (κ1) is 21.2. The van der Waals surface area contributed by atoms with Gasteiger partial charge in [0.15, 0.2) is 10.2 Å². The molecule has 2 amide bonds. The van der Waals surface area contributed by atoms with Crippen molar-refractivity contribution in [3.8, 4) is 5.75 Å². The van der Waals surface area contributed by atoms with Gasteiger partial charge in [-0.15, -0.1) is 0 Å². The van der Waals surface area contributed by atoms with Crippen LogP contribution < -0.4 is 20.7 Å². The number of fused-ring (bicyclic) bond motifs is 1. The molecule has 29 heavy (non-hydrogen) atoms. The summed E-state index contributed by atoms with van der Waals surface area (Å²) in [6.07, 6.45) is 0. The van der Waals surface area contributed by atoms with Gasteiger partial charge in [-0.3, -0.25) is 14.9 Å².